The fourth-order valence-corrected chi connectivity index (χ4v) is 2.57. The van der Waals surface area contributed by atoms with Gasteiger partial charge in [0.25, 0.3) is 0 Å². The van der Waals surface area contributed by atoms with Gasteiger partial charge in [-0.25, -0.2) is 0 Å². The molecule has 0 unspecified atom stereocenters. The largest absolute Gasteiger partial charge is 0.389 e. The van der Waals surface area contributed by atoms with E-state index in [0.29, 0.717) is 0 Å². The number of hydrogen-bond acceptors (Lipinski definition) is 2. The molecule has 18 heavy (non-hydrogen) atoms. The topological polar surface area (TPSA) is 47.6 Å². The van der Waals surface area contributed by atoms with Crippen molar-refractivity contribution in [3.05, 3.63) is 0 Å². The summed E-state index contributed by atoms with van der Waals surface area (Å²) in [5.41, 5.74) is -1.46. The quantitative estimate of drug-likeness (QED) is 0.753. The van der Waals surface area contributed by atoms with E-state index in [4.69, 9.17) is 10.5 Å². The summed E-state index contributed by atoms with van der Waals surface area (Å²) in [6.07, 6.45) is -0.365. The van der Waals surface area contributed by atoms with E-state index in [1.807, 2.05) is 12.1 Å². The maximum absolute atomic E-state index is 12.2. The zero-order valence-corrected chi connectivity index (χ0v) is 10.3. The Morgan fingerprint density at radius 3 is 1.94 bits per heavy atom. The van der Waals surface area contributed by atoms with Crippen LogP contribution in [0.3, 0.4) is 0 Å². The Kier molecular flexibility index (Phi) is 5.02. The van der Waals surface area contributed by atoms with Gasteiger partial charge in [0, 0.05) is 6.42 Å². The van der Waals surface area contributed by atoms with Crippen molar-refractivity contribution in [1.82, 2.24) is 0 Å². The normalized spacial score (nSPS) is 18.1. The van der Waals surface area contributed by atoms with E-state index in [2.05, 4.69) is 0 Å². The molecule has 1 fully saturated rings. The van der Waals surface area contributed by atoms with Crippen molar-refractivity contribution in [3.63, 3.8) is 0 Å². The molecule has 0 atom stereocenters. The number of rotatable bonds is 4. The monoisotopic (exact) mass is 258 g/mol. The summed E-state index contributed by atoms with van der Waals surface area (Å²) in [7, 11) is 0. The minimum absolute atomic E-state index is 0.228. The highest BCUT2D eigenvalue weighted by molar-refractivity contribution is 5.14. The maximum Gasteiger partial charge on any atom is 0.389 e. The van der Waals surface area contributed by atoms with Gasteiger partial charge in [-0.05, 0) is 18.8 Å². The summed E-state index contributed by atoms with van der Waals surface area (Å²) in [5, 5.41) is 18.1. The molecule has 0 saturated heterocycles. The lowest BCUT2D eigenvalue weighted by Gasteiger charge is -2.28. The molecular weight excluding hydrogens is 241 g/mol. The van der Waals surface area contributed by atoms with E-state index in [0.717, 1.165) is 32.1 Å². The Bertz CT molecular complexity index is 329. The van der Waals surface area contributed by atoms with Gasteiger partial charge in [-0.2, -0.15) is 23.7 Å². The van der Waals surface area contributed by atoms with E-state index in [9.17, 15) is 13.2 Å². The average molecular weight is 258 g/mol. The molecule has 1 aliphatic carbocycles. The van der Waals surface area contributed by atoms with Crippen LogP contribution in [0.1, 0.15) is 51.4 Å². The lowest BCUT2D eigenvalue weighted by molar-refractivity contribution is -0.138. The second-order valence-corrected chi connectivity index (χ2v) is 5.13. The smallest absolute Gasteiger partial charge is 0.197 e. The number of nitriles is 2. The fraction of sp³-hybridized carbons (Fsp3) is 0.846. The lowest BCUT2D eigenvalue weighted by atomic mass is 9.73. The fourth-order valence-electron chi connectivity index (χ4n) is 2.57. The first-order valence-corrected chi connectivity index (χ1v) is 6.30. The number of alkyl halides is 3. The first-order chi connectivity index (χ1) is 8.41. The van der Waals surface area contributed by atoms with Crippen molar-refractivity contribution in [1.29, 1.82) is 10.5 Å². The second-order valence-electron chi connectivity index (χ2n) is 5.13. The van der Waals surface area contributed by atoms with Gasteiger partial charge in [-0.1, -0.05) is 32.1 Å². The zero-order chi connectivity index (χ0) is 13.6. The highest BCUT2D eigenvalue weighted by Gasteiger charge is 2.38. The molecule has 1 rings (SSSR count). The van der Waals surface area contributed by atoms with Crippen LogP contribution in [-0.2, 0) is 0 Å². The van der Waals surface area contributed by atoms with Crippen LogP contribution in [0.2, 0.25) is 0 Å². The van der Waals surface area contributed by atoms with Crippen molar-refractivity contribution in [2.75, 3.05) is 0 Å². The van der Waals surface area contributed by atoms with Crippen molar-refractivity contribution in [2.45, 2.75) is 57.5 Å². The minimum atomic E-state index is -4.30. The zero-order valence-electron chi connectivity index (χ0n) is 10.3. The lowest BCUT2D eigenvalue weighted by Crippen LogP contribution is -2.24. The molecule has 0 radical (unpaired) electrons. The maximum atomic E-state index is 12.2. The Morgan fingerprint density at radius 1 is 0.944 bits per heavy atom. The minimum Gasteiger partial charge on any atom is -0.197 e. The van der Waals surface area contributed by atoms with Crippen LogP contribution in [-0.4, -0.2) is 6.18 Å². The third-order valence-corrected chi connectivity index (χ3v) is 3.63. The molecule has 100 valence electrons. The van der Waals surface area contributed by atoms with E-state index >= 15 is 0 Å². The van der Waals surface area contributed by atoms with Crippen LogP contribution < -0.4 is 0 Å². The van der Waals surface area contributed by atoms with Gasteiger partial charge in [0.05, 0.1) is 12.1 Å². The first kappa shape index (κ1) is 14.8. The van der Waals surface area contributed by atoms with Crippen molar-refractivity contribution in [3.8, 4) is 12.1 Å². The average Bonchev–Trinajstić information content (AvgIpc) is 2.35. The van der Waals surface area contributed by atoms with Gasteiger partial charge in [0.1, 0.15) is 5.41 Å². The van der Waals surface area contributed by atoms with E-state index in [1.54, 1.807) is 0 Å². The van der Waals surface area contributed by atoms with Crippen LogP contribution in [0.4, 0.5) is 13.2 Å². The molecule has 0 aromatic rings. The van der Waals surface area contributed by atoms with Gasteiger partial charge < -0.3 is 0 Å². The molecule has 0 amide bonds. The van der Waals surface area contributed by atoms with Crippen LogP contribution >= 0.6 is 0 Å². The Hall–Kier alpha value is -1.23. The molecule has 0 spiro atoms. The Morgan fingerprint density at radius 2 is 1.50 bits per heavy atom. The predicted octanol–water partition coefficient (Wildman–Crippen LogP) is 4.33. The molecule has 1 aliphatic rings. The standard InChI is InChI=1S/C13H17F3N2/c14-13(15,16)7-6-12(9-17,10-18)8-11-4-2-1-3-5-11/h11H,1-8H2. The predicted molar refractivity (Wildman–Crippen MR) is 60.1 cm³/mol. The second kappa shape index (κ2) is 6.09. The van der Waals surface area contributed by atoms with Crippen LogP contribution in [0.15, 0.2) is 0 Å². The summed E-state index contributed by atoms with van der Waals surface area (Å²) < 4.78 is 36.7. The third-order valence-electron chi connectivity index (χ3n) is 3.63. The summed E-state index contributed by atoms with van der Waals surface area (Å²) in [5.74, 6) is 0.228. The van der Waals surface area contributed by atoms with E-state index in [-0.39, 0.29) is 12.3 Å². The number of halogens is 3. The first-order valence-electron chi connectivity index (χ1n) is 6.30. The van der Waals surface area contributed by atoms with Gasteiger partial charge in [-0.15, -0.1) is 0 Å². The van der Waals surface area contributed by atoms with E-state index < -0.39 is 24.4 Å². The van der Waals surface area contributed by atoms with Gasteiger partial charge in [-0.3, -0.25) is 0 Å². The van der Waals surface area contributed by atoms with Crippen LogP contribution in [0.5, 0.6) is 0 Å². The molecule has 0 N–H and O–H groups in total. The third kappa shape index (κ3) is 4.56. The number of nitrogens with zero attached hydrogens (tertiary/aromatic N) is 2. The molecule has 0 aromatic carbocycles. The molecule has 1 saturated carbocycles. The molecule has 5 heteroatoms. The van der Waals surface area contributed by atoms with E-state index in [1.165, 1.54) is 0 Å². The van der Waals surface area contributed by atoms with Gasteiger partial charge in [0.15, 0.2) is 0 Å². The highest BCUT2D eigenvalue weighted by Crippen LogP contribution is 2.39. The Balaban J connectivity index is 2.62. The SMILES string of the molecule is N#CC(C#N)(CCC(F)(F)F)CC1CCCCC1. The molecule has 0 heterocycles. The van der Waals surface area contributed by atoms with Gasteiger partial charge in [0.2, 0.25) is 0 Å². The molecular formula is C13H17F3N2. The Labute approximate surface area is 105 Å². The molecule has 0 aliphatic heterocycles. The van der Waals surface area contributed by atoms with Crippen molar-refractivity contribution < 1.29 is 13.2 Å². The van der Waals surface area contributed by atoms with Crippen molar-refractivity contribution >= 4 is 0 Å². The van der Waals surface area contributed by atoms with Crippen LogP contribution in [0, 0.1) is 34.0 Å². The summed E-state index contributed by atoms with van der Waals surface area (Å²) in [6.45, 7) is 0. The van der Waals surface area contributed by atoms with Crippen LogP contribution in [0.25, 0.3) is 0 Å². The van der Waals surface area contributed by atoms with Gasteiger partial charge >= 0.3 is 6.18 Å². The molecule has 0 bridgehead atoms. The van der Waals surface area contributed by atoms with Crippen molar-refractivity contribution in [2.24, 2.45) is 11.3 Å². The summed E-state index contributed by atoms with van der Waals surface area (Å²) in [6, 6.07) is 3.65. The molecule has 2 nitrogen and oxygen atoms in total. The number of hydrogen-bond donors (Lipinski definition) is 0. The molecule has 0 aromatic heterocycles. The highest BCUT2D eigenvalue weighted by atomic mass is 19.4. The summed E-state index contributed by atoms with van der Waals surface area (Å²) in [4.78, 5) is 0. The summed E-state index contributed by atoms with van der Waals surface area (Å²) >= 11 is 0.